The second-order valence-electron chi connectivity index (χ2n) is 5.56. The Hall–Kier alpha value is -3.05. The molecule has 122 valence electrons. The number of pyridine rings is 1. The van der Waals surface area contributed by atoms with Crippen molar-refractivity contribution in [1.82, 2.24) is 19.4 Å². The van der Waals surface area contributed by atoms with Gasteiger partial charge >= 0.3 is 0 Å². The normalized spacial score (nSPS) is 10.9. The van der Waals surface area contributed by atoms with E-state index in [0.717, 1.165) is 11.3 Å². The smallest absolute Gasteiger partial charge is 0.234 e. The van der Waals surface area contributed by atoms with Gasteiger partial charge in [-0.05, 0) is 18.2 Å². The van der Waals surface area contributed by atoms with E-state index in [0.29, 0.717) is 22.3 Å². The lowest BCUT2D eigenvalue weighted by Gasteiger charge is -2.01. The lowest BCUT2D eigenvalue weighted by atomic mass is 10.1. The van der Waals surface area contributed by atoms with Gasteiger partial charge in [-0.2, -0.15) is 0 Å². The molecule has 3 heterocycles. The number of nitrogens with zero attached hydrogens (tertiary/aromatic N) is 4. The Labute approximate surface area is 149 Å². The van der Waals surface area contributed by atoms with Crippen molar-refractivity contribution >= 4 is 23.2 Å². The van der Waals surface area contributed by atoms with Crippen LogP contribution in [0.5, 0.6) is 0 Å². The quantitative estimate of drug-likeness (QED) is 0.415. The molecule has 0 atom stereocenters. The van der Waals surface area contributed by atoms with Gasteiger partial charge in [-0.25, -0.2) is 15.0 Å². The molecule has 4 aromatic rings. The fourth-order valence-corrected chi connectivity index (χ4v) is 2.74. The molecule has 0 unspecified atom stereocenters. The van der Waals surface area contributed by atoms with Crippen LogP contribution in [0.15, 0.2) is 67.0 Å². The van der Waals surface area contributed by atoms with Gasteiger partial charge in [0, 0.05) is 18.0 Å². The number of hydrogen-bond acceptors (Lipinski definition) is 4. The van der Waals surface area contributed by atoms with Gasteiger partial charge in [0.05, 0.1) is 17.8 Å². The van der Waals surface area contributed by atoms with Crippen molar-refractivity contribution in [2.45, 2.75) is 6.42 Å². The number of imidazole rings is 1. The number of halogens is 1. The zero-order valence-corrected chi connectivity index (χ0v) is 13.9. The number of benzene rings is 1. The van der Waals surface area contributed by atoms with Crippen LogP contribution in [0.2, 0.25) is 5.15 Å². The summed E-state index contributed by atoms with van der Waals surface area (Å²) in [5, 5.41) is 0.301. The number of aromatic nitrogens is 4. The summed E-state index contributed by atoms with van der Waals surface area (Å²) in [4.78, 5) is 25.4. The van der Waals surface area contributed by atoms with Crippen molar-refractivity contribution in [1.29, 1.82) is 0 Å². The van der Waals surface area contributed by atoms with E-state index in [9.17, 15) is 4.79 Å². The first kappa shape index (κ1) is 15.5. The van der Waals surface area contributed by atoms with Crippen molar-refractivity contribution in [2.24, 2.45) is 0 Å². The number of fused-ring (bicyclic) bond motifs is 1. The molecular weight excluding hydrogens is 336 g/mol. The van der Waals surface area contributed by atoms with E-state index in [1.807, 2.05) is 53.2 Å². The number of carbonyl (C=O) groups is 1. The van der Waals surface area contributed by atoms with Gasteiger partial charge in [0.1, 0.15) is 10.8 Å². The third-order valence-corrected chi connectivity index (χ3v) is 4.01. The second kappa shape index (κ2) is 6.45. The van der Waals surface area contributed by atoms with Crippen LogP contribution in [-0.4, -0.2) is 25.1 Å². The minimum atomic E-state index is -0.130. The van der Waals surface area contributed by atoms with Crippen molar-refractivity contribution < 1.29 is 4.79 Å². The topological polar surface area (TPSA) is 60.2 Å². The number of rotatable bonds is 4. The lowest BCUT2D eigenvalue weighted by molar-refractivity contribution is 0.0987. The molecule has 0 bridgehead atoms. The maximum atomic E-state index is 12.3. The molecule has 0 spiro atoms. The maximum absolute atomic E-state index is 12.3. The van der Waals surface area contributed by atoms with Gasteiger partial charge in [-0.1, -0.05) is 48.0 Å². The first-order chi connectivity index (χ1) is 12.2. The van der Waals surface area contributed by atoms with Crippen molar-refractivity contribution in [3.63, 3.8) is 0 Å². The van der Waals surface area contributed by atoms with Crippen molar-refractivity contribution in [2.75, 3.05) is 0 Å². The van der Waals surface area contributed by atoms with Crippen molar-refractivity contribution in [3.05, 3.63) is 83.5 Å². The molecule has 0 saturated heterocycles. The molecule has 0 N–H and O–H groups in total. The summed E-state index contributed by atoms with van der Waals surface area (Å²) in [7, 11) is 0. The Morgan fingerprint density at radius 2 is 1.80 bits per heavy atom. The Kier molecular flexibility index (Phi) is 3.99. The summed E-state index contributed by atoms with van der Waals surface area (Å²) in [5.41, 5.74) is 2.84. The summed E-state index contributed by atoms with van der Waals surface area (Å²) < 4.78 is 1.84. The molecule has 6 heteroatoms. The summed E-state index contributed by atoms with van der Waals surface area (Å²) in [6, 6.07) is 16.7. The minimum Gasteiger partial charge on any atom is -0.292 e. The molecular formula is C19H13ClN4O. The van der Waals surface area contributed by atoms with E-state index >= 15 is 0 Å². The van der Waals surface area contributed by atoms with Crippen LogP contribution in [0, 0.1) is 0 Å². The van der Waals surface area contributed by atoms with Gasteiger partial charge in [0.25, 0.3) is 0 Å². The first-order valence-electron chi connectivity index (χ1n) is 7.75. The fraction of sp³-hybridized carbons (Fsp3) is 0.0526. The van der Waals surface area contributed by atoms with Gasteiger partial charge in [0.2, 0.25) is 5.78 Å². The molecule has 0 amide bonds. The molecule has 0 saturated carbocycles. The Balaban J connectivity index is 1.62. The van der Waals surface area contributed by atoms with E-state index in [2.05, 4.69) is 15.0 Å². The van der Waals surface area contributed by atoms with Crippen LogP contribution in [0.4, 0.5) is 0 Å². The standard InChI is InChI=1S/C19H13ClN4O/c20-18-8-4-7-15(22-18)17(25)11-14-9-10-24-12-16(23-19(24)21-14)13-5-2-1-3-6-13/h1-10,12H,11H2. The molecule has 5 nitrogen and oxygen atoms in total. The highest BCUT2D eigenvalue weighted by molar-refractivity contribution is 6.29. The van der Waals surface area contributed by atoms with Gasteiger partial charge < -0.3 is 0 Å². The monoisotopic (exact) mass is 348 g/mol. The number of ketones is 1. The van der Waals surface area contributed by atoms with Crippen LogP contribution in [0.25, 0.3) is 17.0 Å². The molecule has 0 radical (unpaired) electrons. The van der Waals surface area contributed by atoms with E-state index in [4.69, 9.17) is 11.6 Å². The summed E-state index contributed by atoms with van der Waals surface area (Å²) in [6.45, 7) is 0. The Bertz CT molecular complexity index is 1060. The molecule has 4 rings (SSSR count). The zero-order valence-electron chi connectivity index (χ0n) is 13.1. The highest BCUT2D eigenvalue weighted by Crippen LogP contribution is 2.18. The van der Waals surface area contributed by atoms with E-state index < -0.39 is 0 Å². The van der Waals surface area contributed by atoms with E-state index in [1.165, 1.54) is 0 Å². The molecule has 0 aliphatic carbocycles. The largest absolute Gasteiger partial charge is 0.292 e. The van der Waals surface area contributed by atoms with E-state index in [-0.39, 0.29) is 12.2 Å². The number of hydrogen-bond donors (Lipinski definition) is 0. The Morgan fingerprint density at radius 3 is 2.60 bits per heavy atom. The average Bonchev–Trinajstić information content (AvgIpc) is 3.06. The molecule has 3 aromatic heterocycles. The fourth-order valence-electron chi connectivity index (χ4n) is 2.57. The van der Waals surface area contributed by atoms with Crippen LogP contribution < -0.4 is 0 Å². The van der Waals surface area contributed by atoms with Crippen LogP contribution in [-0.2, 0) is 6.42 Å². The molecule has 0 aliphatic rings. The first-order valence-corrected chi connectivity index (χ1v) is 8.13. The predicted octanol–water partition coefficient (Wildman–Crippen LogP) is 3.87. The second-order valence-corrected chi connectivity index (χ2v) is 5.95. The highest BCUT2D eigenvalue weighted by Gasteiger charge is 2.12. The molecule has 0 aliphatic heterocycles. The van der Waals surface area contributed by atoms with Gasteiger partial charge in [-0.15, -0.1) is 0 Å². The number of carbonyl (C=O) groups excluding carboxylic acids is 1. The van der Waals surface area contributed by atoms with Crippen LogP contribution in [0.1, 0.15) is 16.2 Å². The van der Waals surface area contributed by atoms with Crippen LogP contribution in [0.3, 0.4) is 0 Å². The highest BCUT2D eigenvalue weighted by atomic mass is 35.5. The average molecular weight is 349 g/mol. The van der Waals surface area contributed by atoms with Gasteiger partial charge in [0.15, 0.2) is 5.78 Å². The third-order valence-electron chi connectivity index (χ3n) is 3.80. The SMILES string of the molecule is O=C(Cc1ccn2cc(-c3ccccc3)nc2n1)c1cccc(Cl)n1. The summed E-state index contributed by atoms with van der Waals surface area (Å²) in [6.07, 6.45) is 3.93. The van der Waals surface area contributed by atoms with Crippen LogP contribution >= 0.6 is 11.6 Å². The third kappa shape index (κ3) is 3.27. The maximum Gasteiger partial charge on any atom is 0.234 e. The van der Waals surface area contributed by atoms with E-state index in [1.54, 1.807) is 18.2 Å². The molecule has 25 heavy (non-hydrogen) atoms. The lowest BCUT2D eigenvalue weighted by Crippen LogP contribution is -2.08. The summed E-state index contributed by atoms with van der Waals surface area (Å²) in [5.74, 6) is 0.428. The minimum absolute atomic E-state index is 0.130. The predicted molar refractivity (Wildman–Crippen MR) is 95.7 cm³/mol. The summed E-state index contributed by atoms with van der Waals surface area (Å²) >= 11 is 5.84. The Morgan fingerprint density at radius 1 is 0.960 bits per heavy atom. The number of Topliss-reactive ketones (excluding diaryl/α,β-unsaturated/α-hetero) is 1. The molecule has 1 aromatic carbocycles. The zero-order chi connectivity index (χ0) is 17.2. The van der Waals surface area contributed by atoms with Crippen molar-refractivity contribution in [3.8, 4) is 11.3 Å². The molecule has 0 fully saturated rings. The van der Waals surface area contributed by atoms with Gasteiger partial charge in [-0.3, -0.25) is 9.20 Å².